The quantitative estimate of drug-likeness (QED) is 0.0974. The summed E-state index contributed by atoms with van der Waals surface area (Å²) < 4.78 is 57.4. The monoisotopic (exact) mass is 933 g/mol. The fourth-order valence-electron chi connectivity index (χ4n) is 9.70. The summed E-state index contributed by atoms with van der Waals surface area (Å²) in [6.45, 7) is 13.0. The minimum absolute atomic E-state index is 0.0196. The Hall–Kier alpha value is -5.23. The summed E-state index contributed by atoms with van der Waals surface area (Å²) in [6.07, 6.45) is 0.325. The number of nitrogens with zero attached hydrogens (tertiary/aromatic N) is 5. The number of aliphatic hydroxyl groups is 1. The molecule has 0 aliphatic carbocycles. The number of aromatic nitrogens is 2. The van der Waals surface area contributed by atoms with Crippen LogP contribution in [0.3, 0.4) is 0 Å². The van der Waals surface area contributed by atoms with Crippen molar-refractivity contribution in [2.45, 2.75) is 129 Å². The van der Waals surface area contributed by atoms with E-state index in [-0.39, 0.29) is 26.0 Å². The van der Waals surface area contributed by atoms with Gasteiger partial charge in [-0.15, -0.1) is 0 Å². The van der Waals surface area contributed by atoms with Crippen LogP contribution >= 0.6 is 0 Å². The standard InChI is InChI=1S/C50H66F3N7O7/c1-31(66-7)43-38(25-36(27-54-43)58-21-20-57-18-9-8-14-35(57)28-58)44-39(26-49(5,6)30-61)37-24-34(16-17-42(37)59(44)29-50(51,52)53)33-13-10-12-32(22-33)23-41(55-47(65)67-48(2,3)4)45(62)60-19-11-15-40(56-60)46(63)64/h10,12-13,16-17,22,24-25,27,31,35,40-41,56,61H,8-9,11,14-15,18-21,23,26,28-30H2,1-7H3,(H,55,65)(H,63,64)/t31-,35+,40-,41-/m0/s1. The maximum Gasteiger partial charge on any atom is 0.408 e. The summed E-state index contributed by atoms with van der Waals surface area (Å²) in [5.74, 6) is -1.62. The third-order valence-electron chi connectivity index (χ3n) is 13.1. The van der Waals surface area contributed by atoms with Crippen LogP contribution < -0.4 is 15.6 Å². The second-order valence-electron chi connectivity index (χ2n) is 20.2. The number of nitrogens with one attached hydrogen (secondary N) is 2. The number of alkyl carbamates (subject to hydrolysis) is 1. The molecule has 0 unspecified atom stereocenters. The van der Waals surface area contributed by atoms with E-state index in [1.165, 1.54) is 16.0 Å². The lowest BCUT2D eigenvalue weighted by Crippen LogP contribution is -2.60. The largest absolute Gasteiger partial charge is 0.480 e. The number of hydrogen-bond acceptors (Lipinski definition) is 10. The summed E-state index contributed by atoms with van der Waals surface area (Å²) >= 11 is 0. The van der Waals surface area contributed by atoms with Crippen LogP contribution in [0.15, 0.2) is 54.7 Å². The average Bonchev–Trinajstić information content (AvgIpc) is 3.56. The number of piperidine rings is 1. The van der Waals surface area contributed by atoms with Crippen molar-refractivity contribution in [2.75, 3.05) is 51.3 Å². The number of halogens is 3. The predicted molar refractivity (Wildman–Crippen MR) is 250 cm³/mol. The SMILES string of the molecule is CO[C@@H](C)c1ncc(N2CCN3CCCC[C@@H]3C2)cc1-c1c(CC(C)(C)CO)c2cc(-c3cccc(C[C@H](NC(=O)OC(C)(C)C)C(=O)N4CCC[C@@H](C(=O)O)N4)c3)ccc2n1CC(F)(F)F. The van der Waals surface area contributed by atoms with E-state index >= 15 is 0 Å². The van der Waals surface area contributed by atoms with Crippen LogP contribution in [0, 0.1) is 5.41 Å². The predicted octanol–water partition coefficient (Wildman–Crippen LogP) is 7.89. The molecule has 3 aliphatic rings. The number of aliphatic hydroxyl groups excluding tert-OH is 1. The highest BCUT2D eigenvalue weighted by molar-refractivity contribution is 5.96. The molecule has 2 aromatic heterocycles. The molecule has 5 heterocycles. The Kier molecular flexibility index (Phi) is 14.9. The number of benzene rings is 2. The van der Waals surface area contributed by atoms with Crippen LogP contribution in [-0.4, -0.2) is 124 Å². The van der Waals surface area contributed by atoms with E-state index < -0.39 is 59.9 Å². The van der Waals surface area contributed by atoms with E-state index in [9.17, 15) is 37.8 Å². The van der Waals surface area contributed by atoms with Crippen LogP contribution in [0.4, 0.5) is 23.7 Å². The Morgan fingerprint density at radius 1 is 0.955 bits per heavy atom. The van der Waals surface area contributed by atoms with Gasteiger partial charge in [0.25, 0.3) is 5.91 Å². The summed E-state index contributed by atoms with van der Waals surface area (Å²) in [6, 6.07) is 13.0. The van der Waals surface area contributed by atoms with Gasteiger partial charge in [-0.1, -0.05) is 50.6 Å². The maximum absolute atomic E-state index is 14.9. The highest BCUT2D eigenvalue weighted by Gasteiger charge is 2.37. The number of aliphatic carboxylic acids is 1. The number of carbonyl (C=O) groups is 3. The highest BCUT2D eigenvalue weighted by atomic mass is 19.4. The van der Waals surface area contributed by atoms with Crippen LogP contribution in [-0.2, 0) is 38.4 Å². The number of rotatable bonds is 14. The highest BCUT2D eigenvalue weighted by Crippen LogP contribution is 2.44. The molecule has 67 heavy (non-hydrogen) atoms. The molecule has 3 aliphatic heterocycles. The number of anilines is 1. The van der Waals surface area contributed by atoms with E-state index in [1.54, 1.807) is 40.0 Å². The number of hydrogen-bond donors (Lipinski definition) is 4. The number of amides is 2. The molecule has 0 saturated carbocycles. The lowest BCUT2D eigenvalue weighted by Gasteiger charge is -2.45. The molecule has 7 rings (SSSR count). The molecule has 364 valence electrons. The van der Waals surface area contributed by atoms with Crippen molar-refractivity contribution in [3.05, 3.63) is 71.5 Å². The third kappa shape index (κ3) is 11.9. The Balaban J connectivity index is 1.33. The molecule has 2 aromatic carbocycles. The number of carboxylic acid groups (broad SMARTS) is 1. The van der Waals surface area contributed by atoms with Crippen LogP contribution in [0.5, 0.6) is 0 Å². The summed E-state index contributed by atoms with van der Waals surface area (Å²) in [5.41, 5.74) is 6.52. The molecule has 17 heteroatoms. The Morgan fingerprint density at radius 3 is 2.42 bits per heavy atom. The first-order valence-corrected chi connectivity index (χ1v) is 23.4. The molecule has 3 saturated heterocycles. The molecular formula is C50H66F3N7O7. The van der Waals surface area contributed by atoms with Crippen molar-refractivity contribution in [2.24, 2.45) is 5.41 Å². The van der Waals surface area contributed by atoms with Gasteiger partial charge in [0.2, 0.25) is 0 Å². The van der Waals surface area contributed by atoms with Gasteiger partial charge in [0, 0.05) is 68.8 Å². The first-order valence-electron chi connectivity index (χ1n) is 23.4. The summed E-state index contributed by atoms with van der Waals surface area (Å²) in [5, 5.41) is 24.9. The topological polar surface area (TPSA) is 162 Å². The van der Waals surface area contributed by atoms with Gasteiger partial charge in [0.1, 0.15) is 24.2 Å². The Labute approximate surface area is 390 Å². The minimum Gasteiger partial charge on any atom is -0.480 e. The number of hydrazine groups is 1. The number of fused-ring (bicyclic) bond motifs is 2. The molecule has 0 radical (unpaired) electrons. The van der Waals surface area contributed by atoms with Crippen molar-refractivity contribution in [3.63, 3.8) is 0 Å². The molecule has 0 spiro atoms. The van der Waals surface area contributed by atoms with Gasteiger partial charge >= 0.3 is 18.2 Å². The lowest BCUT2D eigenvalue weighted by molar-refractivity contribution is -0.147. The fourth-order valence-corrected chi connectivity index (χ4v) is 9.70. The first kappa shape index (κ1) is 49.7. The average molecular weight is 934 g/mol. The van der Waals surface area contributed by atoms with Crippen LogP contribution in [0.2, 0.25) is 0 Å². The van der Waals surface area contributed by atoms with Gasteiger partial charge < -0.3 is 34.5 Å². The molecule has 4 atom stereocenters. The number of methoxy groups -OCH3 is 1. The van der Waals surface area contributed by atoms with E-state index in [2.05, 4.69) is 20.5 Å². The van der Waals surface area contributed by atoms with Gasteiger partial charge in [-0.3, -0.25) is 24.5 Å². The van der Waals surface area contributed by atoms with Crippen LogP contribution in [0.1, 0.15) is 96.6 Å². The molecular weight excluding hydrogens is 868 g/mol. The normalized spacial score (nSPS) is 19.5. The molecule has 4 aromatic rings. The summed E-state index contributed by atoms with van der Waals surface area (Å²) in [4.78, 5) is 48.7. The Bertz CT molecular complexity index is 2430. The molecule has 0 bridgehead atoms. The van der Waals surface area contributed by atoms with Gasteiger partial charge in [-0.25, -0.2) is 10.2 Å². The molecule has 3 fully saturated rings. The van der Waals surface area contributed by atoms with Crippen molar-refractivity contribution in [3.8, 4) is 22.4 Å². The van der Waals surface area contributed by atoms with Crippen molar-refractivity contribution >= 4 is 34.6 Å². The zero-order chi connectivity index (χ0) is 48.4. The second-order valence-corrected chi connectivity index (χ2v) is 20.2. The number of pyridine rings is 1. The van der Waals surface area contributed by atoms with E-state index in [0.29, 0.717) is 69.0 Å². The summed E-state index contributed by atoms with van der Waals surface area (Å²) in [7, 11) is 1.55. The Morgan fingerprint density at radius 2 is 1.72 bits per heavy atom. The molecule has 14 nitrogen and oxygen atoms in total. The smallest absolute Gasteiger partial charge is 0.408 e. The minimum atomic E-state index is -4.59. The van der Waals surface area contributed by atoms with Gasteiger partial charge in [-0.2, -0.15) is 13.2 Å². The zero-order valence-electron chi connectivity index (χ0n) is 39.7. The first-order chi connectivity index (χ1) is 31.6. The second kappa shape index (κ2) is 20.2. The number of alkyl halides is 3. The van der Waals surface area contributed by atoms with Gasteiger partial charge in [-0.05, 0) is 112 Å². The van der Waals surface area contributed by atoms with E-state index in [0.717, 1.165) is 44.7 Å². The molecule has 2 amide bonds. The third-order valence-corrected chi connectivity index (χ3v) is 13.1. The number of piperazine rings is 1. The van der Waals surface area contributed by atoms with Crippen molar-refractivity contribution in [1.29, 1.82) is 0 Å². The van der Waals surface area contributed by atoms with Crippen molar-refractivity contribution < 1.29 is 47.2 Å². The number of carbonyl (C=O) groups excluding carboxylic acids is 2. The maximum atomic E-state index is 14.9. The van der Waals surface area contributed by atoms with Gasteiger partial charge in [0.15, 0.2) is 0 Å². The fraction of sp³-hybridized carbons (Fsp3) is 0.560. The van der Waals surface area contributed by atoms with Gasteiger partial charge in [0.05, 0.1) is 29.4 Å². The number of carboxylic acids is 1. The van der Waals surface area contributed by atoms with Crippen molar-refractivity contribution in [1.82, 2.24) is 30.2 Å². The van der Waals surface area contributed by atoms with Crippen LogP contribution in [0.25, 0.3) is 33.3 Å². The number of ether oxygens (including phenoxy) is 2. The zero-order valence-corrected chi connectivity index (χ0v) is 39.7. The lowest BCUT2D eigenvalue weighted by atomic mass is 9.84. The van der Waals surface area contributed by atoms with E-state index in [4.69, 9.17) is 14.5 Å². The van der Waals surface area contributed by atoms with E-state index in [1.807, 2.05) is 63.4 Å². The molecule has 4 N–H and O–H groups in total.